The Hall–Kier alpha value is -1.38. The van der Waals surface area contributed by atoms with Crippen LogP contribution in [-0.4, -0.2) is 4.68 Å². The first kappa shape index (κ1) is 6.34. The van der Waals surface area contributed by atoms with Gasteiger partial charge in [-0.3, -0.25) is 4.68 Å². The fourth-order valence-corrected chi connectivity index (χ4v) is 1.40. The predicted molar refractivity (Wildman–Crippen MR) is 45.1 cm³/mol. The van der Waals surface area contributed by atoms with Crippen molar-refractivity contribution in [2.45, 2.75) is 13.5 Å². The molecule has 0 aromatic carbocycles. The van der Waals surface area contributed by atoms with Crippen molar-refractivity contribution in [3.8, 4) is 0 Å². The Balaban J connectivity index is 2.58. The highest BCUT2D eigenvalue weighted by atomic mass is 15.3. The first-order valence-electron chi connectivity index (χ1n) is 3.65. The van der Waals surface area contributed by atoms with Gasteiger partial charge in [-0.05, 0) is 18.6 Å². The lowest BCUT2D eigenvalue weighted by atomic mass is 10.1. The van der Waals surface area contributed by atoms with Crippen LogP contribution in [0.2, 0.25) is 0 Å². The summed E-state index contributed by atoms with van der Waals surface area (Å²) in [4.78, 5) is 0. The van der Waals surface area contributed by atoms with Gasteiger partial charge in [-0.1, -0.05) is 0 Å². The van der Waals surface area contributed by atoms with Crippen molar-refractivity contribution in [1.29, 1.82) is 0 Å². The van der Waals surface area contributed by atoms with E-state index in [4.69, 9.17) is 5.84 Å². The number of nitrogens with one attached hydrogen (secondary N) is 1. The number of hydrogen-bond donors (Lipinski definition) is 2. The fourth-order valence-electron chi connectivity index (χ4n) is 1.40. The standard InChI is InChI=1S/C8H11N3/c1-6-4-10-5-8-7(6)2-3-11(8)9/h2-4,10H,5,9H2,1H3. The second-order valence-corrected chi connectivity index (χ2v) is 2.79. The molecule has 0 saturated heterocycles. The number of nitrogens with two attached hydrogens (primary N) is 1. The Morgan fingerprint density at radius 3 is 3.18 bits per heavy atom. The minimum atomic E-state index is 0.830. The molecule has 0 bridgehead atoms. The number of aromatic nitrogens is 1. The van der Waals surface area contributed by atoms with Crippen molar-refractivity contribution in [1.82, 2.24) is 9.99 Å². The molecule has 0 radical (unpaired) electrons. The molecule has 0 unspecified atom stereocenters. The minimum absolute atomic E-state index is 0.830. The number of nitrogen functional groups attached to an aromatic ring is 1. The van der Waals surface area contributed by atoms with E-state index in [-0.39, 0.29) is 0 Å². The van der Waals surface area contributed by atoms with Gasteiger partial charge in [0.1, 0.15) is 0 Å². The number of hydrogen-bond acceptors (Lipinski definition) is 2. The molecule has 3 N–H and O–H groups in total. The van der Waals surface area contributed by atoms with E-state index in [1.165, 1.54) is 11.1 Å². The van der Waals surface area contributed by atoms with Crippen LogP contribution >= 0.6 is 0 Å². The van der Waals surface area contributed by atoms with Gasteiger partial charge in [0.2, 0.25) is 0 Å². The number of nitrogens with zero attached hydrogens (tertiary/aromatic N) is 1. The summed E-state index contributed by atoms with van der Waals surface area (Å²) in [7, 11) is 0. The van der Waals surface area contributed by atoms with Crippen molar-refractivity contribution in [3.63, 3.8) is 0 Å². The lowest BCUT2D eigenvalue weighted by Crippen LogP contribution is -2.19. The van der Waals surface area contributed by atoms with Crippen LogP contribution in [0.25, 0.3) is 5.57 Å². The molecule has 58 valence electrons. The Morgan fingerprint density at radius 1 is 1.64 bits per heavy atom. The summed E-state index contributed by atoms with van der Waals surface area (Å²) in [5.41, 5.74) is 3.66. The molecular formula is C8H11N3. The lowest BCUT2D eigenvalue weighted by molar-refractivity contribution is 0.775. The van der Waals surface area contributed by atoms with Crippen LogP contribution in [0.4, 0.5) is 0 Å². The summed E-state index contributed by atoms with van der Waals surface area (Å²) in [5, 5.41) is 3.15. The summed E-state index contributed by atoms with van der Waals surface area (Å²) in [5.74, 6) is 5.67. The summed E-state index contributed by atoms with van der Waals surface area (Å²) >= 11 is 0. The number of allylic oxidation sites excluding steroid dienone is 1. The molecule has 0 spiro atoms. The topological polar surface area (TPSA) is 43.0 Å². The van der Waals surface area contributed by atoms with E-state index in [1.54, 1.807) is 4.68 Å². The highest BCUT2D eigenvalue weighted by Gasteiger charge is 2.11. The second-order valence-electron chi connectivity index (χ2n) is 2.79. The van der Waals surface area contributed by atoms with Crippen LogP contribution in [0.3, 0.4) is 0 Å². The normalized spacial score (nSPS) is 15.2. The van der Waals surface area contributed by atoms with Gasteiger partial charge in [0.25, 0.3) is 0 Å². The number of rotatable bonds is 0. The van der Waals surface area contributed by atoms with Gasteiger partial charge in [-0.15, -0.1) is 0 Å². The molecular weight excluding hydrogens is 138 g/mol. The molecule has 1 aromatic heterocycles. The third kappa shape index (κ3) is 0.808. The average Bonchev–Trinajstić information content (AvgIpc) is 2.35. The molecule has 0 aliphatic carbocycles. The van der Waals surface area contributed by atoms with Crippen molar-refractivity contribution in [3.05, 3.63) is 29.7 Å². The first-order valence-corrected chi connectivity index (χ1v) is 3.65. The predicted octanol–water partition coefficient (Wildman–Crippen LogP) is 0.666. The number of fused-ring (bicyclic) bond motifs is 1. The van der Waals surface area contributed by atoms with Crippen molar-refractivity contribution in [2.75, 3.05) is 5.84 Å². The zero-order chi connectivity index (χ0) is 7.84. The van der Waals surface area contributed by atoms with Gasteiger partial charge in [0.05, 0.1) is 12.2 Å². The highest BCUT2D eigenvalue weighted by Crippen LogP contribution is 2.21. The molecule has 0 atom stereocenters. The van der Waals surface area contributed by atoms with E-state index in [0.29, 0.717) is 0 Å². The van der Waals surface area contributed by atoms with E-state index in [2.05, 4.69) is 12.2 Å². The van der Waals surface area contributed by atoms with E-state index < -0.39 is 0 Å². The molecule has 3 nitrogen and oxygen atoms in total. The van der Waals surface area contributed by atoms with Crippen LogP contribution in [-0.2, 0) is 6.54 Å². The van der Waals surface area contributed by atoms with E-state index in [1.807, 2.05) is 18.5 Å². The molecule has 2 heterocycles. The van der Waals surface area contributed by atoms with Crippen LogP contribution in [0.15, 0.2) is 18.5 Å². The Morgan fingerprint density at radius 2 is 2.45 bits per heavy atom. The van der Waals surface area contributed by atoms with Gasteiger partial charge in [0, 0.05) is 18.0 Å². The fraction of sp³-hybridized carbons (Fsp3) is 0.250. The summed E-state index contributed by atoms with van der Waals surface area (Å²) in [6.07, 6.45) is 3.90. The smallest absolute Gasteiger partial charge is 0.0658 e. The van der Waals surface area contributed by atoms with Crippen LogP contribution in [0, 0.1) is 0 Å². The van der Waals surface area contributed by atoms with Gasteiger partial charge in [0.15, 0.2) is 0 Å². The maximum atomic E-state index is 5.67. The van der Waals surface area contributed by atoms with Gasteiger partial charge < -0.3 is 11.2 Å². The SMILES string of the molecule is CC1=CNCc2c1ccn2N. The van der Waals surface area contributed by atoms with Gasteiger partial charge in [-0.25, -0.2) is 0 Å². The molecule has 1 aromatic rings. The molecule has 1 aliphatic rings. The maximum absolute atomic E-state index is 5.67. The van der Waals surface area contributed by atoms with Crippen molar-refractivity contribution < 1.29 is 0 Å². The quantitative estimate of drug-likeness (QED) is 0.532. The maximum Gasteiger partial charge on any atom is 0.0658 e. The molecule has 11 heavy (non-hydrogen) atoms. The molecule has 1 aliphatic heterocycles. The van der Waals surface area contributed by atoms with E-state index >= 15 is 0 Å². The van der Waals surface area contributed by atoms with Crippen LogP contribution in [0.1, 0.15) is 18.2 Å². The van der Waals surface area contributed by atoms with Gasteiger partial charge in [-0.2, -0.15) is 0 Å². The molecule has 3 heteroatoms. The van der Waals surface area contributed by atoms with Crippen molar-refractivity contribution >= 4 is 5.57 Å². The first-order chi connectivity index (χ1) is 5.29. The lowest BCUT2D eigenvalue weighted by Gasteiger charge is -2.13. The molecule has 0 amide bonds. The molecule has 0 fully saturated rings. The Bertz CT molecular complexity index is 309. The zero-order valence-electron chi connectivity index (χ0n) is 6.46. The van der Waals surface area contributed by atoms with Crippen LogP contribution < -0.4 is 11.2 Å². The Labute approximate surface area is 65.5 Å². The summed E-state index contributed by atoms with van der Waals surface area (Å²) < 4.78 is 1.67. The van der Waals surface area contributed by atoms with Gasteiger partial charge >= 0.3 is 0 Å². The largest absolute Gasteiger partial charge is 0.385 e. The monoisotopic (exact) mass is 149 g/mol. The third-order valence-corrected chi connectivity index (χ3v) is 2.04. The van der Waals surface area contributed by atoms with E-state index in [0.717, 1.165) is 12.2 Å². The minimum Gasteiger partial charge on any atom is -0.385 e. The summed E-state index contributed by atoms with van der Waals surface area (Å²) in [6, 6.07) is 2.04. The van der Waals surface area contributed by atoms with E-state index in [9.17, 15) is 0 Å². The van der Waals surface area contributed by atoms with Crippen LogP contribution in [0.5, 0.6) is 0 Å². The zero-order valence-corrected chi connectivity index (χ0v) is 6.46. The average molecular weight is 149 g/mol. The second kappa shape index (κ2) is 2.05. The third-order valence-electron chi connectivity index (χ3n) is 2.04. The summed E-state index contributed by atoms with van der Waals surface area (Å²) in [6.45, 7) is 2.90. The highest BCUT2D eigenvalue weighted by molar-refractivity contribution is 5.67. The Kier molecular flexibility index (Phi) is 1.18. The van der Waals surface area contributed by atoms with Crippen molar-refractivity contribution in [2.24, 2.45) is 0 Å². The molecule has 0 saturated carbocycles. The molecule has 2 rings (SSSR count).